The number of benzene rings is 2. The van der Waals surface area contributed by atoms with Crippen molar-refractivity contribution in [3.63, 3.8) is 0 Å². The molecular formula is C22H24Cl2N4O2S. The number of hydrogen-bond donors (Lipinski definition) is 1. The summed E-state index contributed by atoms with van der Waals surface area (Å²) in [4.78, 5) is 12.4. The second kappa shape index (κ2) is 10.4. The number of aryl methyl sites for hydroxylation is 2. The van der Waals surface area contributed by atoms with Crippen LogP contribution in [0.2, 0.25) is 10.0 Å². The summed E-state index contributed by atoms with van der Waals surface area (Å²) in [6.07, 6.45) is -0.287. The number of halogens is 2. The van der Waals surface area contributed by atoms with Crippen LogP contribution in [0.25, 0.3) is 0 Å². The van der Waals surface area contributed by atoms with Gasteiger partial charge in [0.05, 0.1) is 5.75 Å². The summed E-state index contributed by atoms with van der Waals surface area (Å²) < 4.78 is 8.07. The van der Waals surface area contributed by atoms with Crippen LogP contribution in [0.5, 0.6) is 5.75 Å². The lowest BCUT2D eigenvalue weighted by Crippen LogP contribution is -2.15. The zero-order valence-electron chi connectivity index (χ0n) is 17.8. The van der Waals surface area contributed by atoms with Gasteiger partial charge in [0.25, 0.3) is 0 Å². The van der Waals surface area contributed by atoms with E-state index in [1.54, 1.807) is 18.2 Å². The third-order valence-corrected chi connectivity index (χ3v) is 5.82. The predicted octanol–water partition coefficient (Wildman–Crippen LogP) is 6.09. The van der Waals surface area contributed by atoms with Crippen molar-refractivity contribution in [2.75, 3.05) is 11.1 Å². The molecule has 0 fully saturated rings. The van der Waals surface area contributed by atoms with E-state index in [-0.39, 0.29) is 17.8 Å². The number of ether oxygens (including phenoxy) is 1. The molecule has 0 aliphatic rings. The maximum absolute atomic E-state index is 12.4. The van der Waals surface area contributed by atoms with Crippen LogP contribution in [0, 0.1) is 13.8 Å². The van der Waals surface area contributed by atoms with E-state index in [4.69, 9.17) is 27.9 Å². The average Bonchev–Trinajstić information content (AvgIpc) is 3.07. The lowest BCUT2D eigenvalue weighted by molar-refractivity contribution is -0.113. The minimum absolute atomic E-state index is 0.175. The Bertz CT molecular complexity index is 1050. The second-order valence-corrected chi connectivity index (χ2v) is 8.98. The third-order valence-electron chi connectivity index (χ3n) is 4.41. The van der Waals surface area contributed by atoms with Gasteiger partial charge >= 0.3 is 0 Å². The van der Waals surface area contributed by atoms with Crippen LogP contribution in [-0.2, 0) is 11.3 Å². The molecule has 0 aliphatic carbocycles. The monoisotopic (exact) mass is 478 g/mol. The number of carbonyl (C=O) groups is 1. The number of nitrogens with zero attached hydrogens (tertiary/aromatic N) is 3. The molecule has 6 nitrogen and oxygen atoms in total. The Labute approximate surface area is 196 Å². The minimum Gasteiger partial charge on any atom is -0.483 e. The number of anilines is 1. The van der Waals surface area contributed by atoms with Gasteiger partial charge in [-0.15, -0.1) is 10.2 Å². The first-order valence-corrected chi connectivity index (χ1v) is 11.6. The number of amides is 1. The van der Waals surface area contributed by atoms with Crippen LogP contribution < -0.4 is 10.1 Å². The van der Waals surface area contributed by atoms with Crippen LogP contribution in [-0.4, -0.2) is 26.4 Å². The zero-order chi connectivity index (χ0) is 22.5. The minimum atomic E-state index is -0.287. The maximum atomic E-state index is 12.4. The molecule has 3 rings (SSSR count). The Kier molecular flexibility index (Phi) is 7.86. The summed E-state index contributed by atoms with van der Waals surface area (Å²) in [7, 11) is 0. The fourth-order valence-corrected chi connectivity index (χ4v) is 4.55. The zero-order valence-corrected chi connectivity index (χ0v) is 20.1. The molecule has 0 saturated carbocycles. The number of carbonyl (C=O) groups excluding carboxylic acids is 1. The lowest BCUT2D eigenvalue weighted by Gasteiger charge is -2.16. The number of hydrogen-bond acceptors (Lipinski definition) is 5. The summed E-state index contributed by atoms with van der Waals surface area (Å²) in [5.41, 5.74) is 2.83. The first-order chi connectivity index (χ1) is 14.7. The molecule has 1 aromatic heterocycles. The first-order valence-electron chi connectivity index (χ1n) is 9.82. The highest BCUT2D eigenvalue weighted by Crippen LogP contribution is 2.27. The van der Waals surface area contributed by atoms with Crippen molar-refractivity contribution in [2.24, 2.45) is 0 Å². The van der Waals surface area contributed by atoms with E-state index >= 15 is 0 Å². The molecule has 0 bridgehead atoms. The van der Waals surface area contributed by atoms with Crippen molar-refractivity contribution in [1.82, 2.24) is 14.8 Å². The highest BCUT2D eigenvalue weighted by molar-refractivity contribution is 7.99. The molecule has 1 N–H and O–H groups in total. The highest BCUT2D eigenvalue weighted by atomic mass is 35.5. The van der Waals surface area contributed by atoms with Crippen LogP contribution in [0.1, 0.15) is 36.9 Å². The summed E-state index contributed by atoms with van der Waals surface area (Å²) >= 11 is 13.3. The molecule has 0 aliphatic heterocycles. The Hall–Kier alpha value is -2.22. The van der Waals surface area contributed by atoms with E-state index in [0.29, 0.717) is 33.3 Å². The van der Waals surface area contributed by atoms with Gasteiger partial charge in [-0.05, 0) is 69.2 Å². The second-order valence-electron chi connectivity index (χ2n) is 7.16. The van der Waals surface area contributed by atoms with Crippen molar-refractivity contribution >= 4 is 46.6 Å². The van der Waals surface area contributed by atoms with Crippen LogP contribution in [0.3, 0.4) is 0 Å². The van der Waals surface area contributed by atoms with E-state index in [2.05, 4.69) is 21.6 Å². The number of nitrogens with one attached hydrogen (secondary N) is 1. The average molecular weight is 479 g/mol. The first kappa shape index (κ1) is 23.4. The third kappa shape index (κ3) is 6.38. The van der Waals surface area contributed by atoms with Crippen molar-refractivity contribution < 1.29 is 9.53 Å². The number of aromatic nitrogens is 3. The van der Waals surface area contributed by atoms with Crippen molar-refractivity contribution in [3.8, 4) is 5.75 Å². The quantitative estimate of drug-likeness (QED) is 0.396. The van der Waals surface area contributed by atoms with Gasteiger partial charge in [0.15, 0.2) is 17.1 Å². The van der Waals surface area contributed by atoms with Crippen molar-refractivity contribution in [2.45, 2.75) is 45.5 Å². The lowest BCUT2D eigenvalue weighted by atomic mass is 10.1. The van der Waals surface area contributed by atoms with Gasteiger partial charge in [-0.1, -0.05) is 41.0 Å². The molecule has 1 amide bonds. The maximum Gasteiger partial charge on any atom is 0.234 e. The normalized spacial score (nSPS) is 11.9. The fraction of sp³-hybridized carbons (Fsp3) is 0.318. The van der Waals surface area contributed by atoms with E-state index in [9.17, 15) is 4.79 Å². The summed E-state index contributed by atoms with van der Waals surface area (Å²) in [6, 6.07) is 11.0. The number of thioether (sulfide) groups is 1. The topological polar surface area (TPSA) is 69.0 Å². The summed E-state index contributed by atoms with van der Waals surface area (Å²) in [5.74, 6) is 1.50. The molecule has 1 unspecified atom stereocenters. The predicted molar refractivity (Wildman–Crippen MR) is 126 cm³/mol. The van der Waals surface area contributed by atoms with E-state index in [1.165, 1.54) is 11.8 Å². The Morgan fingerprint density at radius 1 is 1.10 bits per heavy atom. The van der Waals surface area contributed by atoms with Crippen LogP contribution in [0.15, 0.2) is 41.6 Å². The van der Waals surface area contributed by atoms with E-state index in [1.807, 2.05) is 44.4 Å². The SMILES string of the molecule is CCn1c(SCC(=O)Nc2cc(Cl)cc(Cl)c2)nnc1C(C)Oc1cc(C)cc(C)c1. The molecule has 9 heteroatoms. The standard InChI is InChI=1S/C22H24Cl2N4O2S/c1-5-28-21(15(4)30-19-7-13(2)6-14(3)8-19)26-27-22(28)31-12-20(29)25-18-10-16(23)9-17(24)11-18/h6-11,15H,5,12H2,1-4H3,(H,25,29). The van der Waals surface area contributed by atoms with Gasteiger partial charge < -0.3 is 14.6 Å². The van der Waals surface area contributed by atoms with Crippen LogP contribution >= 0.6 is 35.0 Å². The van der Waals surface area contributed by atoms with Gasteiger partial charge in [0, 0.05) is 22.3 Å². The van der Waals surface area contributed by atoms with Gasteiger partial charge in [-0.3, -0.25) is 4.79 Å². The Balaban J connectivity index is 1.65. The fourth-order valence-electron chi connectivity index (χ4n) is 3.22. The number of rotatable bonds is 8. The van der Waals surface area contributed by atoms with Gasteiger partial charge in [-0.25, -0.2) is 0 Å². The molecule has 0 spiro atoms. The van der Waals surface area contributed by atoms with Crippen molar-refractivity contribution in [1.29, 1.82) is 0 Å². The molecule has 2 aromatic carbocycles. The molecule has 31 heavy (non-hydrogen) atoms. The highest BCUT2D eigenvalue weighted by Gasteiger charge is 2.19. The van der Waals surface area contributed by atoms with Crippen molar-refractivity contribution in [3.05, 3.63) is 63.4 Å². The Morgan fingerprint density at radius 2 is 1.74 bits per heavy atom. The van der Waals surface area contributed by atoms with Gasteiger partial charge in [-0.2, -0.15) is 0 Å². The molecular weight excluding hydrogens is 455 g/mol. The van der Waals surface area contributed by atoms with Crippen LogP contribution in [0.4, 0.5) is 5.69 Å². The molecule has 1 atom stereocenters. The molecule has 3 aromatic rings. The molecule has 0 saturated heterocycles. The summed E-state index contributed by atoms with van der Waals surface area (Å²) in [6.45, 7) is 8.69. The largest absolute Gasteiger partial charge is 0.483 e. The van der Waals surface area contributed by atoms with E-state index in [0.717, 1.165) is 16.9 Å². The molecule has 1 heterocycles. The van der Waals surface area contributed by atoms with Gasteiger partial charge in [0.1, 0.15) is 5.75 Å². The molecule has 0 radical (unpaired) electrons. The van der Waals surface area contributed by atoms with Gasteiger partial charge in [0.2, 0.25) is 5.91 Å². The van der Waals surface area contributed by atoms with E-state index < -0.39 is 0 Å². The Morgan fingerprint density at radius 3 is 2.35 bits per heavy atom. The smallest absolute Gasteiger partial charge is 0.234 e. The summed E-state index contributed by atoms with van der Waals surface area (Å²) in [5, 5.41) is 13.0. The molecule has 164 valence electrons.